The monoisotopic (exact) mass is 454 g/mol. The number of ether oxygens (including phenoxy) is 1. The van der Waals surface area contributed by atoms with Crippen LogP contribution in [0, 0.1) is 0 Å². The maximum absolute atomic E-state index is 5.86. The summed E-state index contributed by atoms with van der Waals surface area (Å²) in [5.41, 5.74) is 0.905. The van der Waals surface area contributed by atoms with E-state index in [0.29, 0.717) is 11.7 Å². The lowest BCUT2D eigenvalue weighted by molar-refractivity contribution is 0.0953. The molecule has 1 atom stereocenters. The zero-order valence-electron chi connectivity index (χ0n) is 16.9. The molecule has 0 radical (unpaired) electrons. The number of pyridine rings is 1. The van der Waals surface area contributed by atoms with Crippen LogP contribution in [0.4, 0.5) is 0 Å². The summed E-state index contributed by atoms with van der Waals surface area (Å²) in [6.45, 7) is 1.64. The normalized spacial score (nSPS) is 16.2. The number of aryl methyl sites for hydroxylation is 1. The second-order valence-corrected chi connectivity index (χ2v) is 9.24. The minimum atomic E-state index is 0.235. The second kappa shape index (κ2) is 9.71. The van der Waals surface area contributed by atoms with E-state index >= 15 is 0 Å². The minimum absolute atomic E-state index is 0.235. The summed E-state index contributed by atoms with van der Waals surface area (Å²) < 4.78 is 13.5. The summed E-state index contributed by atoms with van der Waals surface area (Å²) in [6.07, 6.45) is 7.52. The Morgan fingerprint density at radius 1 is 1.19 bits per heavy atom. The Labute approximate surface area is 188 Å². The molecule has 8 nitrogen and oxygen atoms in total. The maximum atomic E-state index is 5.86. The molecule has 10 heteroatoms. The van der Waals surface area contributed by atoms with E-state index in [2.05, 4.69) is 41.3 Å². The molecule has 4 aromatic rings. The fraction of sp³-hybridized carbons (Fsp3) is 0.381. The number of aromatic nitrogens is 6. The van der Waals surface area contributed by atoms with E-state index in [9.17, 15) is 0 Å². The Hall–Kier alpha value is -2.56. The Bertz CT molecular complexity index is 1090. The molecular formula is C21H22N6O2S2. The number of thioether (sulfide) groups is 1. The van der Waals surface area contributed by atoms with Crippen LogP contribution in [0.3, 0.4) is 0 Å². The Kier molecular flexibility index (Phi) is 6.38. The molecule has 5 rings (SSSR count). The van der Waals surface area contributed by atoms with Crippen molar-refractivity contribution in [3.63, 3.8) is 0 Å². The largest absolute Gasteiger partial charge is 0.376 e. The lowest BCUT2D eigenvalue weighted by Gasteiger charge is -2.14. The SMILES string of the molecule is c1csc(-c2nnc(SCCCc3nc(-c4ccncc4)no3)n2CC2CCCO2)c1. The van der Waals surface area contributed by atoms with Crippen LogP contribution >= 0.6 is 23.1 Å². The van der Waals surface area contributed by atoms with E-state index < -0.39 is 0 Å². The zero-order chi connectivity index (χ0) is 20.9. The average Bonchev–Trinajstić information content (AvgIpc) is 3.61. The van der Waals surface area contributed by atoms with Crippen LogP contribution < -0.4 is 0 Å². The summed E-state index contributed by atoms with van der Waals surface area (Å²) in [6, 6.07) is 7.88. The van der Waals surface area contributed by atoms with Crippen molar-refractivity contribution in [1.29, 1.82) is 0 Å². The van der Waals surface area contributed by atoms with Gasteiger partial charge in [-0.3, -0.25) is 9.55 Å². The highest BCUT2D eigenvalue weighted by molar-refractivity contribution is 7.99. The number of hydrogen-bond acceptors (Lipinski definition) is 9. The van der Waals surface area contributed by atoms with Gasteiger partial charge < -0.3 is 9.26 Å². The van der Waals surface area contributed by atoms with Crippen LogP contribution in [-0.2, 0) is 17.7 Å². The van der Waals surface area contributed by atoms with Crippen molar-refractivity contribution in [2.24, 2.45) is 0 Å². The third-order valence-corrected chi connectivity index (χ3v) is 6.96. The van der Waals surface area contributed by atoms with Crippen molar-refractivity contribution in [1.82, 2.24) is 29.9 Å². The Morgan fingerprint density at radius 2 is 2.13 bits per heavy atom. The summed E-state index contributed by atoms with van der Waals surface area (Å²) in [7, 11) is 0. The predicted octanol–water partition coefficient (Wildman–Crippen LogP) is 4.36. The first-order chi connectivity index (χ1) is 15.4. The first-order valence-corrected chi connectivity index (χ1v) is 12.2. The van der Waals surface area contributed by atoms with E-state index in [-0.39, 0.29) is 6.10 Å². The minimum Gasteiger partial charge on any atom is -0.376 e. The van der Waals surface area contributed by atoms with Crippen molar-refractivity contribution in [3.05, 3.63) is 47.9 Å². The number of thiophene rings is 1. The molecular weight excluding hydrogens is 432 g/mol. The van der Waals surface area contributed by atoms with Crippen molar-refractivity contribution in [3.8, 4) is 22.1 Å². The molecule has 1 unspecified atom stereocenters. The van der Waals surface area contributed by atoms with Crippen LogP contribution in [0.15, 0.2) is 51.7 Å². The van der Waals surface area contributed by atoms with Crippen molar-refractivity contribution in [2.45, 2.75) is 43.5 Å². The predicted molar refractivity (Wildman–Crippen MR) is 119 cm³/mol. The molecule has 0 saturated carbocycles. The fourth-order valence-electron chi connectivity index (χ4n) is 3.50. The summed E-state index contributed by atoms with van der Waals surface area (Å²) >= 11 is 3.39. The van der Waals surface area contributed by atoms with Crippen LogP contribution in [0.2, 0.25) is 0 Å². The molecule has 0 amide bonds. The molecule has 4 aromatic heterocycles. The molecule has 1 aliphatic rings. The van der Waals surface area contributed by atoms with E-state index in [1.54, 1.807) is 35.5 Å². The number of hydrogen-bond donors (Lipinski definition) is 0. The van der Waals surface area contributed by atoms with Gasteiger partial charge in [-0.05, 0) is 42.8 Å². The van der Waals surface area contributed by atoms with Gasteiger partial charge in [0.2, 0.25) is 11.7 Å². The third-order valence-electron chi connectivity index (χ3n) is 5.04. The highest BCUT2D eigenvalue weighted by Gasteiger charge is 2.22. The van der Waals surface area contributed by atoms with Crippen LogP contribution in [0.5, 0.6) is 0 Å². The van der Waals surface area contributed by atoms with E-state index in [1.807, 2.05) is 18.2 Å². The second-order valence-electron chi connectivity index (χ2n) is 7.23. The van der Waals surface area contributed by atoms with Gasteiger partial charge in [0.15, 0.2) is 11.0 Å². The summed E-state index contributed by atoms with van der Waals surface area (Å²) in [5, 5.41) is 16.0. The molecule has 160 valence electrons. The highest BCUT2D eigenvalue weighted by Crippen LogP contribution is 2.29. The molecule has 1 aliphatic heterocycles. The Balaban J connectivity index is 1.21. The van der Waals surface area contributed by atoms with Crippen molar-refractivity contribution >= 4 is 23.1 Å². The molecule has 5 heterocycles. The molecule has 31 heavy (non-hydrogen) atoms. The fourth-order valence-corrected chi connectivity index (χ4v) is 5.11. The average molecular weight is 455 g/mol. The molecule has 0 N–H and O–H groups in total. The standard InChI is InChI=1S/C21H22N6O2S2/c1-4-16(28-11-1)14-27-20(17-5-2-12-30-17)24-25-21(27)31-13-3-6-18-23-19(26-29-18)15-7-9-22-10-8-15/h2,5,7-10,12,16H,1,3-4,6,11,13-14H2. The van der Waals surface area contributed by atoms with E-state index in [1.165, 1.54) is 0 Å². The van der Waals surface area contributed by atoms with Gasteiger partial charge >= 0.3 is 0 Å². The van der Waals surface area contributed by atoms with Crippen LogP contribution in [0.25, 0.3) is 22.1 Å². The molecule has 0 aromatic carbocycles. The van der Waals surface area contributed by atoms with E-state index in [0.717, 1.165) is 66.0 Å². The quantitative estimate of drug-likeness (QED) is 0.272. The number of nitrogens with zero attached hydrogens (tertiary/aromatic N) is 6. The van der Waals surface area contributed by atoms with Gasteiger partial charge in [-0.25, -0.2) is 0 Å². The van der Waals surface area contributed by atoms with Crippen molar-refractivity contribution in [2.75, 3.05) is 12.4 Å². The van der Waals surface area contributed by atoms with Gasteiger partial charge in [0.25, 0.3) is 0 Å². The smallest absolute Gasteiger partial charge is 0.226 e. The van der Waals surface area contributed by atoms with Gasteiger partial charge in [-0.1, -0.05) is 23.0 Å². The molecule has 1 fully saturated rings. The zero-order valence-corrected chi connectivity index (χ0v) is 18.5. The van der Waals surface area contributed by atoms with Crippen LogP contribution in [-0.4, -0.2) is 48.4 Å². The maximum Gasteiger partial charge on any atom is 0.226 e. The van der Waals surface area contributed by atoms with Crippen LogP contribution in [0.1, 0.15) is 25.2 Å². The van der Waals surface area contributed by atoms with Gasteiger partial charge in [0, 0.05) is 36.7 Å². The molecule has 1 saturated heterocycles. The van der Waals surface area contributed by atoms with Gasteiger partial charge in [-0.15, -0.1) is 21.5 Å². The summed E-state index contributed by atoms with van der Waals surface area (Å²) in [4.78, 5) is 9.63. The first kappa shape index (κ1) is 20.3. The molecule has 0 aliphatic carbocycles. The molecule has 0 spiro atoms. The summed E-state index contributed by atoms with van der Waals surface area (Å²) in [5.74, 6) is 3.06. The van der Waals surface area contributed by atoms with E-state index in [4.69, 9.17) is 9.26 Å². The first-order valence-electron chi connectivity index (χ1n) is 10.3. The topological polar surface area (TPSA) is 91.8 Å². The lowest BCUT2D eigenvalue weighted by atomic mass is 10.2. The highest BCUT2D eigenvalue weighted by atomic mass is 32.2. The Morgan fingerprint density at radius 3 is 2.94 bits per heavy atom. The van der Waals surface area contributed by atoms with Gasteiger partial charge in [0.1, 0.15) is 0 Å². The van der Waals surface area contributed by atoms with Gasteiger partial charge in [-0.2, -0.15) is 4.98 Å². The number of rotatable bonds is 9. The third kappa shape index (κ3) is 4.86. The van der Waals surface area contributed by atoms with Gasteiger partial charge in [0.05, 0.1) is 17.5 Å². The lowest BCUT2D eigenvalue weighted by Crippen LogP contribution is -2.16. The van der Waals surface area contributed by atoms with Crippen molar-refractivity contribution < 1.29 is 9.26 Å². The molecule has 0 bridgehead atoms.